The number of hydrogen-bond donors (Lipinski definition) is 1. The SMILES string of the molecule is Cc1cc(C(=O)NC(C)(CBr)CBr)c(C)nn1. The van der Waals surface area contributed by atoms with Crippen LogP contribution in [0.25, 0.3) is 0 Å². The number of carbonyl (C=O) groups is 1. The lowest BCUT2D eigenvalue weighted by Crippen LogP contribution is -2.49. The Bertz CT molecular complexity index is 419. The highest BCUT2D eigenvalue weighted by atomic mass is 79.9. The summed E-state index contributed by atoms with van der Waals surface area (Å²) in [5.41, 5.74) is 1.63. The van der Waals surface area contributed by atoms with E-state index in [1.54, 1.807) is 13.0 Å². The summed E-state index contributed by atoms with van der Waals surface area (Å²) in [4.78, 5) is 12.1. The third-order valence-electron chi connectivity index (χ3n) is 2.35. The van der Waals surface area contributed by atoms with Gasteiger partial charge in [-0.2, -0.15) is 10.2 Å². The molecule has 1 heterocycles. The van der Waals surface area contributed by atoms with Crippen molar-refractivity contribution in [1.82, 2.24) is 15.5 Å². The van der Waals surface area contributed by atoms with Crippen molar-refractivity contribution in [2.45, 2.75) is 26.3 Å². The molecule has 0 aliphatic carbocycles. The molecule has 1 rings (SSSR count). The summed E-state index contributed by atoms with van der Waals surface area (Å²) in [7, 11) is 0. The van der Waals surface area contributed by atoms with E-state index >= 15 is 0 Å². The van der Waals surface area contributed by atoms with E-state index in [0.29, 0.717) is 21.9 Å². The smallest absolute Gasteiger partial charge is 0.253 e. The number of carbonyl (C=O) groups excluding carboxylic acids is 1. The first-order valence-corrected chi connectivity index (χ1v) is 7.41. The molecule has 94 valence electrons. The molecule has 0 aliphatic rings. The monoisotopic (exact) mass is 363 g/mol. The van der Waals surface area contributed by atoms with E-state index in [2.05, 4.69) is 47.4 Å². The molecule has 1 amide bonds. The highest BCUT2D eigenvalue weighted by molar-refractivity contribution is 9.09. The summed E-state index contributed by atoms with van der Waals surface area (Å²) >= 11 is 6.79. The first-order chi connectivity index (χ1) is 7.91. The molecule has 0 aromatic carbocycles. The highest BCUT2D eigenvalue weighted by Crippen LogP contribution is 2.14. The molecule has 4 nitrogen and oxygen atoms in total. The number of alkyl halides is 2. The van der Waals surface area contributed by atoms with E-state index in [-0.39, 0.29) is 11.4 Å². The Labute approximate surface area is 118 Å². The van der Waals surface area contributed by atoms with Crippen molar-refractivity contribution in [3.05, 3.63) is 23.0 Å². The van der Waals surface area contributed by atoms with Crippen molar-refractivity contribution >= 4 is 37.8 Å². The molecule has 0 unspecified atom stereocenters. The van der Waals surface area contributed by atoms with Crippen molar-refractivity contribution < 1.29 is 4.79 Å². The first kappa shape index (κ1) is 14.6. The molecule has 1 aromatic heterocycles. The molecule has 0 radical (unpaired) electrons. The lowest BCUT2D eigenvalue weighted by Gasteiger charge is -2.26. The fourth-order valence-corrected chi connectivity index (χ4v) is 2.43. The van der Waals surface area contributed by atoms with E-state index in [1.807, 2.05) is 13.8 Å². The largest absolute Gasteiger partial charge is 0.345 e. The normalized spacial score (nSPS) is 11.4. The second-order valence-corrected chi connectivity index (χ2v) is 5.39. The van der Waals surface area contributed by atoms with Crippen molar-refractivity contribution in [2.24, 2.45) is 0 Å². The maximum Gasteiger partial charge on any atom is 0.253 e. The number of nitrogens with zero attached hydrogens (tertiary/aromatic N) is 2. The first-order valence-electron chi connectivity index (χ1n) is 5.17. The Balaban J connectivity index is 2.94. The summed E-state index contributed by atoms with van der Waals surface area (Å²) < 4.78 is 0. The van der Waals surface area contributed by atoms with E-state index in [1.165, 1.54) is 0 Å². The average Bonchev–Trinajstić information content (AvgIpc) is 2.32. The Morgan fingerprint density at radius 1 is 1.35 bits per heavy atom. The average molecular weight is 365 g/mol. The molecular formula is C11H15Br2N3O. The van der Waals surface area contributed by atoms with Gasteiger partial charge >= 0.3 is 0 Å². The highest BCUT2D eigenvalue weighted by Gasteiger charge is 2.25. The Morgan fingerprint density at radius 2 is 1.94 bits per heavy atom. The zero-order chi connectivity index (χ0) is 13.1. The van der Waals surface area contributed by atoms with Gasteiger partial charge in [0.15, 0.2) is 0 Å². The van der Waals surface area contributed by atoms with Gasteiger partial charge in [0.25, 0.3) is 5.91 Å². The number of aromatic nitrogens is 2. The maximum atomic E-state index is 12.1. The van der Waals surface area contributed by atoms with Gasteiger partial charge in [-0.3, -0.25) is 4.79 Å². The molecular weight excluding hydrogens is 350 g/mol. The molecule has 0 spiro atoms. The van der Waals surface area contributed by atoms with Crippen LogP contribution in [0.5, 0.6) is 0 Å². The molecule has 0 bridgehead atoms. The van der Waals surface area contributed by atoms with E-state index in [9.17, 15) is 4.79 Å². The number of hydrogen-bond acceptors (Lipinski definition) is 3. The van der Waals surface area contributed by atoms with Crippen LogP contribution < -0.4 is 5.32 Å². The van der Waals surface area contributed by atoms with Crippen LogP contribution in [0.3, 0.4) is 0 Å². The number of rotatable bonds is 4. The summed E-state index contributed by atoms with van der Waals surface area (Å²) in [6.45, 7) is 5.56. The van der Waals surface area contributed by atoms with E-state index in [4.69, 9.17) is 0 Å². The fourth-order valence-electron chi connectivity index (χ4n) is 1.22. The van der Waals surface area contributed by atoms with Crippen molar-refractivity contribution in [3.8, 4) is 0 Å². The van der Waals surface area contributed by atoms with Gasteiger partial charge in [0, 0.05) is 10.7 Å². The van der Waals surface area contributed by atoms with Gasteiger partial charge in [-0.05, 0) is 26.8 Å². The van der Waals surface area contributed by atoms with E-state index < -0.39 is 0 Å². The molecule has 0 aliphatic heterocycles. The van der Waals surface area contributed by atoms with E-state index in [0.717, 1.165) is 5.69 Å². The summed E-state index contributed by atoms with van der Waals surface area (Å²) in [6.07, 6.45) is 0. The molecule has 6 heteroatoms. The van der Waals surface area contributed by atoms with Crippen LogP contribution in [0.4, 0.5) is 0 Å². The van der Waals surface area contributed by atoms with Crippen LogP contribution in [0, 0.1) is 13.8 Å². The van der Waals surface area contributed by atoms with Crippen LogP contribution in [0.1, 0.15) is 28.7 Å². The quantitative estimate of drug-likeness (QED) is 0.834. The molecule has 17 heavy (non-hydrogen) atoms. The van der Waals surface area contributed by atoms with Gasteiger partial charge in [-0.15, -0.1) is 0 Å². The number of nitrogens with one attached hydrogen (secondary N) is 1. The lowest BCUT2D eigenvalue weighted by atomic mass is 10.1. The van der Waals surface area contributed by atoms with Gasteiger partial charge < -0.3 is 5.32 Å². The lowest BCUT2D eigenvalue weighted by molar-refractivity contribution is 0.0921. The predicted molar refractivity (Wildman–Crippen MR) is 75.0 cm³/mol. The predicted octanol–water partition coefficient (Wildman–Crippen LogP) is 2.37. The second kappa shape index (κ2) is 5.91. The standard InChI is InChI=1S/C11H15Br2N3O/c1-7-4-9(8(2)16-15-7)10(17)14-11(3,5-12)6-13/h4H,5-6H2,1-3H3,(H,14,17). The molecule has 0 saturated carbocycles. The molecule has 0 fully saturated rings. The van der Waals surface area contributed by atoms with Gasteiger partial charge in [-0.1, -0.05) is 31.9 Å². The van der Waals surface area contributed by atoms with Gasteiger partial charge in [-0.25, -0.2) is 0 Å². The van der Waals surface area contributed by atoms with Crippen LogP contribution >= 0.6 is 31.9 Å². The Hall–Kier alpha value is -0.490. The van der Waals surface area contributed by atoms with Crippen LogP contribution in [0.2, 0.25) is 0 Å². The minimum Gasteiger partial charge on any atom is -0.345 e. The summed E-state index contributed by atoms with van der Waals surface area (Å²) in [6, 6.07) is 1.75. The van der Waals surface area contributed by atoms with Crippen LogP contribution in [0.15, 0.2) is 6.07 Å². The van der Waals surface area contributed by atoms with Crippen molar-refractivity contribution in [2.75, 3.05) is 10.7 Å². The van der Waals surface area contributed by atoms with Crippen LogP contribution in [-0.4, -0.2) is 32.3 Å². The van der Waals surface area contributed by atoms with Gasteiger partial charge in [0.1, 0.15) is 0 Å². The third-order valence-corrected chi connectivity index (χ3v) is 4.83. The number of halogens is 2. The zero-order valence-electron chi connectivity index (χ0n) is 10.1. The van der Waals surface area contributed by atoms with Gasteiger partial charge in [0.05, 0.1) is 22.5 Å². The minimum atomic E-state index is -0.319. The molecule has 0 saturated heterocycles. The topological polar surface area (TPSA) is 54.9 Å². The minimum absolute atomic E-state index is 0.123. The summed E-state index contributed by atoms with van der Waals surface area (Å²) in [5.74, 6) is -0.123. The van der Waals surface area contributed by atoms with Gasteiger partial charge in [0.2, 0.25) is 0 Å². The number of amides is 1. The van der Waals surface area contributed by atoms with Crippen LogP contribution in [-0.2, 0) is 0 Å². The molecule has 1 aromatic rings. The fraction of sp³-hybridized carbons (Fsp3) is 0.545. The Morgan fingerprint density at radius 3 is 2.47 bits per heavy atom. The second-order valence-electron chi connectivity index (χ2n) is 4.27. The third kappa shape index (κ3) is 3.74. The zero-order valence-corrected chi connectivity index (χ0v) is 13.2. The molecule has 0 atom stereocenters. The molecule has 1 N–H and O–H groups in total. The number of aryl methyl sites for hydroxylation is 2. The summed E-state index contributed by atoms with van der Waals surface area (Å²) in [5, 5.41) is 12.2. The maximum absolute atomic E-state index is 12.1. The van der Waals surface area contributed by atoms with Crippen molar-refractivity contribution in [3.63, 3.8) is 0 Å². The van der Waals surface area contributed by atoms with Crippen molar-refractivity contribution in [1.29, 1.82) is 0 Å². The Kier molecular flexibility index (Phi) is 5.06.